The number of aryl methyl sites for hydroxylation is 1. The number of para-hydroxylation sites is 4. The molecule has 3 aliphatic carbocycles. The largest absolute Gasteiger partial charge is 0.314 e. The third-order valence-corrected chi connectivity index (χ3v) is 15.6. The summed E-state index contributed by atoms with van der Waals surface area (Å²) in [6, 6.07) is 72.6. The number of hydrogen-bond donors (Lipinski definition) is 0. The van der Waals surface area contributed by atoms with Crippen LogP contribution in [0, 0.1) is 12.1 Å². The number of nitrogens with zero attached hydrogens (tertiary/aromatic N) is 3. The molecule has 11 aromatic rings. The van der Waals surface area contributed by atoms with Crippen LogP contribution in [-0.4, -0.2) is 4.40 Å². The van der Waals surface area contributed by atoms with Crippen molar-refractivity contribution in [3.05, 3.63) is 269 Å². The van der Waals surface area contributed by atoms with Crippen LogP contribution in [0.25, 0.3) is 77.2 Å². The summed E-state index contributed by atoms with van der Waals surface area (Å²) in [4.78, 5) is 4.82. The Morgan fingerprint density at radius 3 is 1.95 bits per heavy atom. The van der Waals surface area contributed by atoms with Crippen molar-refractivity contribution in [3.8, 4) is 11.1 Å². The highest BCUT2D eigenvalue weighted by Gasteiger charge is 2.26. The van der Waals surface area contributed by atoms with Gasteiger partial charge in [0.15, 0.2) is 0 Å². The third-order valence-electron chi connectivity index (χ3n) is 15.6. The van der Waals surface area contributed by atoms with E-state index in [0.29, 0.717) is 0 Å². The molecule has 0 amide bonds. The molecule has 0 atom stereocenters. The minimum atomic E-state index is 0.0670. The van der Waals surface area contributed by atoms with Crippen molar-refractivity contribution in [2.24, 2.45) is 0 Å². The van der Waals surface area contributed by atoms with E-state index in [2.05, 4.69) is 265 Å². The summed E-state index contributed by atoms with van der Waals surface area (Å²) in [7, 11) is 0. The van der Waals surface area contributed by atoms with E-state index in [1.54, 1.807) is 0 Å². The van der Waals surface area contributed by atoms with Gasteiger partial charge >= 0.3 is 0 Å². The van der Waals surface area contributed by atoms with E-state index >= 15 is 0 Å². The molecule has 0 aliphatic heterocycles. The molecule has 14 rings (SSSR count). The quantitative estimate of drug-likeness (QED) is 0.134. The lowest BCUT2D eigenvalue weighted by molar-refractivity contribution is 0.590. The molecule has 3 nitrogen and oxygen atoms in total. The molecule has 2 heterocycles. The third kappa shape index (κ3) is 7.63. The lowest BCUT2D eigenvalue weighted by Gasteiger charge is -2.32. The Morgan fingerprint density at radius 2 is 1.24 bits per heavy atom. The Kier molecular flexibility index (Phi) is 10.5. The van der Waals surface area contributed by atoms with Crippen LogP contribution in [0.2, 0.25) is 0 Å². The first-order valence-electron chi connectivity index (χ1n) is 26.3. The van der Waals surface area contributed by atoms with E-state index in [4.69, 9.17) is 0 Å². The molecule has 0 radical (unpaired) electrons. The summed E-state index contributed by atoms with van der Waals surface area (Å²) in [5.41, 5.74) is 28.1. The topological polar surface area (TPSA) is 10.9 Å². The van der Waals surface area contributed by atoms with Gasteiger partial charge in [-0.1, -0.05) is 160 Å². The maximum absolute atomic E-state index is 3.70. The van der Waals surface area contributed by atoms with Crippen LogP contribution in [0.4, 0.5) is 28.4 Å². The lowest BCUT2D eigenvalue weighted by Crippen LogP contribution is -2.20. The van der Waals surface area contributed by atoms with Crippen molar-refractivity contribution in [2.45, 2.75) is 51.9 Å². The first kappa shape index (κ1) is 44.4. The van der Waals surface area contributed by atoms with Gasteiger partial charge in [-0.05, 0) is 173 Å². The highest BCUT2D eigenvalue weighted by Crippen LogP contribution is 2.47. The van der Waals surface area contributed by atoms with Gasteiger partial charge in [0, 0.05) is 60.7 Å². The summed E-state index contributed by atoms with van der Waals surface area (Å²) in [6.45, 7) is 6.85. The van der Waals surface area contributed by atoms with E-state index in [0.717, 1.165) is 76.0 Å². The predicted octanol–water partition coefficient (Wildman–Crippen LogP) is 19.1. The van der Waals surface area contributed by atoms with Gasteiger partial charge in [0.1, 0.15) is 0 Å². The number of hydrogen-bond acceptors (Lipinski definition) is 2. The molecule has 0 fully saturated rings. The fourth-order valence-electron chi connectivity index (χ4n) is 11.9. The molecule has 2 aromatic heterocycles. The minimum Gasteiger partial charge on any atom is -0.314 e. The van der Waals surface area contributed by atoms with Crippen molar-refractivity contribution in [1.29, 1.82) is 0 Å². The Morgan fingerprint density at radius 1 is 0.560 bits per heavy atom. The SMILES string of the molecule is CC(C)(C)c1ccc(-c2cc3c4cc5c(cc4n4c6cc7cc(N(c8ccccc8)c8ccccc8C8=CC=CCC8)c#cc7cc6c(c2)c34)C=C(N(c2ccccc2)c2ccccc2C2=C=C=CC=C2)CC5)cc1. The van der Waals surface area contributed by atoms with Crippen LogP contribution in [0.5, 0.6) is 0 Å². The van der Waals surface area contributed by atoms with Crippen molar-refractivity contribution in [2.75, 3.05) is 9.80 Å². The maximum Gasteiger partial charge on any atom is 0.0980 e. The van der Waals surface area contributed by atoms with Crippen LogP contribution in [0.1, 0.15) is 67.9 Å². The van der Waals surface area contributed by atoms with E-state index in [1.807, 2.05) is 12.2 Å². The second kappa shape index (κ2) is 17.7. The number of allylic oxidation sites excluding steroid dienone is 9. The van der Waals surface area contributed by atoms with Gasteiger partial charge in [-0.3, -0.25) is 0 Å². The number of aromatic nitrogens is 1. The Labute approximate surface area is 439 Å². The Balaban J connectivity index is 0.988. The standard InChI is InChI=1S/C72H53N3/c1-72(2,3)56-36-32-48(33-37-56)55-44-65-63-42-51-34-38-59(73(57-24-12-6-13-25-57)67-30-18-16-28-61(67)49-20-8-4-9-21-49)40-53(51)46-69(63)75-70-47-54-41-60(39-35-52(54)43-64(70)66(45-55)71(65)75)74(58-26-14-7-15-27-58)68-31-19-17-29-62(68)50-22-10-5-11-23-50/h4-8,10,12-20,22,24-33,36-37,40-47H,9,21,35,39H2,1-3H3. The Bertz CT molecular complexity index is 4330. The second-order valence-electron chi connectivity index (χ2n) is 21.3. The van der Waals surface area contributed by atoms with Crippen LogP contribution >= 0.6 is 0 Å². The van der Waals surface area contributed by atoms with Gasteiger partial charge in [-0.15, -0.1) is 0 Å². The zero-order chi connectivity index (χ0) is 50.2. The minimum absolute atomic E-state index is 0.0670. The summed E-state index contributed by atoms with van der Waals surface area (Å²) >= 11 is 0. The number of rotatable bonds is 9. The molecule has 0 saturated heterocycles. The van der Waals surface area contributed by atoms with Crippen LogP contribution in [0.3, 0.4) is 0 Å². The molecular formula is C72H53N3. The number of benzene rings is 8. The van der Waals surface area contributed by atoms with Crippen LogP contribution in [-0.2, 0) is 11.8 Å². The normalized spacial score (nSPS) is 14.1. The fourth-order valence-corrected chi connectivity index (χ4v) is 11.9. The molecular weight excluding hydrogens is 907 g/mol. The molecule has 0 saturated carbocycles. The van der Waals surface area contributed by atoms with Gasteiger partial charge in [-0.25, -0.2) is 0 Å². The maximum atomic E-state index is 3.70. The first-order valence-corrected chi connectivity index (χ1v) is 26.3. The molecule has 0 unspecified atom stereocenters. The molecule has 0 spiro atoms. The molecule has 0 N–H and O–H groups in total. The highest BCUT2D eigenvalue weighted by molar-refractivity contribution is 6.26. The average Bonchev–Trinajstić information content (AvgIpc) is 3.95. The van der Waals surface area contributed by atoms with Gasteiger partial charge in [0.2, 0.25) is 0 Å². The smallest absolute Gasteiger partial charge is 0.0980 e. The average molecular weight is 960 g/mol. The summed E-state index contributed by atoms with van der Waals surface area (Å²) in [5, 5.41) is 7.19. The highest BCUT2D eigenvalue weighted by atomic mass is 15.2. The number of anilines is 5. The van der Waals surface area contributed by atoms with Gasteiger partial charge in [0.25, 0.3) is 0 Å². The number of fused-ring (bicyclic) bond motifs is 8. The molecule has 75 heavy (non-hydrogen) atoms. The van der Waals surface area contributed by atoms with Crippen molar-refractivity contribution in [3.63, 3.8) is 0 Å². The predicted molar refractivity (Wildman–Crippen MR) is 317 cm³/mol. The summed E-state index contributed by atoms with van der Waals surface area (Å²) in [6.07, 6.45) is 19.1. The monoisotopic (exact) mass is 959 g/mol. The first-order chi connectivity index (χ1) is 36.8. The van der Waals surface area contributed by atoms with Crippen molar-refractivity contribution >= 4 is 94.5 Å². The molecule has 356 valence electrons. The van der Waals surface area contributed by atoms with Gasteiger partial charge < -0.3 is 14.2 Å². The van der Waals surface area contributed by atoms with E-state index in [9.17, 15) is 0 Å². The lowest BCUT2D eigenvalue weighted by atomic mass is 9.86. The zero-order valence-electron chi connectivity index (χ0n) is 42.5. The fraction of sp³-hybridized carbons (Fsp3) is 0.111. The van der Waals surface area contributed by atoms with Crippen molar-refractivity contribution in [1.82, 2.24) is 4.40 Å². The van der Waals surface area contributed by atoms with Crippen LogP contribution in [0.15, 0.2) is 230 Å². The van der Waals surface area contributed by atoms with Gasteiger partial charge in [-0.2, -0.15) is 0 Å². The molecule has 9 aromatic carbocycles. The summed E-state index contributed by atoms with van der Waals surface area (Å²) in [5.74, 6) is 0. The van der Waals surface area contributed by atoms with E-state index < -0.39 is 0 Å². The summed E-state index contributed by atoms with van der Waals surface area (Å²) < 4.78 is 2.55. The van der Waals surface area contributed by atoms with E-state index in [1.165, 1.54) is 82.7 Å². The molecule has 0 bridgehead atoms. The second-order valence-corrected chi connectivity index (χ2v) is 21.3. The molecule has 3 heteroatoms. The zero-order valence-corrected chi connectivity index (χ0v) is 42.5. The van der Waals surface area contributed by atoms with Gasteiger partial charge in [0.05, 0.1) is 33.6 Å². The Hall–Kier alpha value is -9.28. The van der Waals surface area contributed by atoms with Crippen molar-refractivity contribution < 1.29 is 0 Å². The van der Waals surface area contributed by atoms with Crippen LogP contribution < -0.4 is 9.80 Å². The van der Waals surface area contributed by atoms with E-state index in [-0.39, 0.29) is 5.41 Å². The molecule has 3 aliphatic rings.